The first-order valence-electron chi connectivity index (χ1n) is 7.08. The molecule has 2 heteroatoms. The zero-order valence-electron chi connectivity index (χ0n) is 10.9. The molecule has 16 heavy (non-hydrogen) atoms. The molecular weight excluding hydrogens is 198 g/mol. The fourth-order valence-corrected chi connectivity index (χ4v) is 3.47. The van der Waals surface area contributed by atoms with Crippen molar-refractivity contribution in [3.63, 3.8) is 0 Å². The van der Waals surface area contributed by atoms with E-state index in [0.29, 0.717) is 6.04 Å². The van der Waals surface area contributed by atoms with Crippen molar-refractivity contribution in [2.24, 2.45) is 17.8 Å². The van der Waals surface area contributed by atoms with Crippen molar-refractivity contribution < 1.29 is 4.74 Å². The lowest BCUT2D eigenvalue weighted by molar-refractivity contribution is 0.0389. The van der Waals surface area contributed by atoms with Gasteiger partial charge in [0.1, 0.15) is 0 Å². The van der Waals surface area contributed by atoms with Gasteiger partial charge in [-0.1, -0.05) is 20.3 Å². The number of ether oxygens (including phenoxy) is 1. The molecule has 0 spiro atoms. The summed E-state index contributed by atoms with van der Waals surface area (Å²) in [6.45, 7) is 7.74. The first kappa shape index (κ1) is 12.4. The van der Waals surface area contributed by atoms with Gasteiger partial charge in [0.25, 0.3) is 0 Å². The smallest absolute Gasteiger partial charge is 0.0468 e. The van der Waals surface area contributed by atoms with Crippen molar-refractivity contribution in [3.05, 3.63) is 0 Å². The van der Waals surface area contributed by atoms with E-state index in [2.05, 4.69) is 19.2 Å². The van der Waals surface area contributed by atoms with Crippen molar-refractivity contribution in [2.75, 3.05) is 19.8 Å². The SMILES string of the molecule is CC(C)NCC1CCCC1C1CCOCC1. The van der Waals surface area contributed by atoms with Crippen LogP contribution in [0.1, 0.15) is 46.0 Å². The van der Waals surface area contributed by atoms with E-state index >= 15 is 0 Å². The van der Waals surface area contributed by atoms with Gasteiger partial charge in [-0.2, -0.15) is 0 Å². The van der Waals surface area contributed by atoms with E-state index in [9.17, 15) is 0 Å². The molecule has 0 radical (unpaired) electrons. The highest BCUT2D eigenvalue weighted by atomic mass is 16.5. The maximum Gasteiger partial charge on any atom is 0.0468 e. The van der Waals surface area contributed by atoms with Crippen molar-refractivity contribution in [1.82, 2.24) is 5.32 Å². The molecule has 1 aliphatic carbocycles. The minimum absolute atomic E-state index is 0.635. The highest BCUT2D eigenvalue weighted by Crippen LogP contribution is 2.40. The largest absolute Gasteiger partial charge is 0.381 e. The van der Waals surface area contributed by atoms with Gasteiger partial charge in [0.2, 0.25) is 0 Å². The Morgan fingerprint density at radius 1 is 1.12 bits per heavy atom. The summed E-state index contributed by atoms with van der Waals surface area (Å²) in [6, 6.07) is 0.635. The fraction of sp³-hybridized carbons (Fsp3) is 1.00. The average Bonchev–Trinajstić information content (AvgIpc) is 2.75. The van der Waals surface area contributed by atoms with Crippen molar-refractivity contribution in [1.29, 1.82) is 0 Å². The minimum atomic E-state index is 0.635. The zero-order chi connectivity index (χ0) is 11.4. The molecule has 0 aromatic heterocycles. The predicted octanol–water partition coefficient (Wildman–Crippen LogP) is 2.83. The Morgan fingerprint density at radius 2 is 1.88 bits per heavy atom. The van der Waals surface area contributed by atoms with Gasteiger partial charge < -0.3 is 10.1 Å². The number of nitrogens with one attached hydrogen (secondary N) is 1. The van der Waals surface area contributed by atoms with Crippen molar-refractivity contribution in [2.45, 2.75) is 52.0 Å². The van der Waals surface area contributed by atoms with Gasteiger partial charge >= 0.3 is 0 Å². The Labute approximate surface area is 100 Å². The van der Waals surface area contributed by atoms with Crippen LogP contribution in [0.3, 0.4) is 0 Å². The first-order valence-corrected chi connectivity index (χ1v) is 7.08. The summed E-state index contributed by atoms with van der Waals surface area (Å²) in [6.07, 6.45) is 6.98. The third-order valence-electron chi connectivity index (χ3n) is 4.38. The molecule has 2 atom stereocenters. The summed E-state index contributed by atoms with van der Waals surface area (Å²) in [4.78, 5) is 0. The zero-order valence-corrected chi connectivity index (χ0v) is 10.9. The van der Waals surface area contributed by atoms with Gasteiger partial charge in [0, 0.05) is 19.3 Å². The van der Waals surface area contributed by atoms with Crippen LogP contribution < -0.4 is 5.32 Å². The van der Waals surface area contributed by atoms with Crippen molar-refractivity contribution in [3.8, 4) is 0 Å². The van der Waals surface area contributed by atoms with Gasteiger partial charge in [-0.05, 0) is 50.0 Å². The average molecular weight is 225 g/mol. The molecule has 2 aliphatic rings. The molecule has 0 aromatic rings. The Hall–Kier alpha value is -0.0800. The molecule has 0 bridgehead atoms. The molecule has 0 amide bonds. The lowest BCUT2D eigenvalue weighted by Gasteiger charge is -2.32. The van der Waals surface area contributed by atoms with E-state index in [1.165, 1.54) is 38.6 Å². The molecule has 2 fully saturated rings. The highest BCUT2D eigenvalue weighted by Gasteiger charge is 2.34. The van der Waals surface area contributed by atoms with Crippen LogP contribution in [-0.2, 0) is 4.74 Å². The van der Waals surface area contributed by atoms with Gasteiger partial charge in [0.15, 0.2) is 0 Å². The van der Waals surface area contributed by atoms with Gasteiger partial charge in [-0.3, -0.25) is 0 Å². The maximum atomic E-state index is 5.48. The third kappa shape index (κ3) is 3.21. The van der Waals surface area contributed by atoms with Crippen LogP contribution in [0.2, 0.25) is 0 Å². The minimum Gasteiger partial charge on any atom is -0.381 e. The normalized spacial score (nSPS) is 32.4. The molecule has 2 rings (SSSR count). The Bertz CT molecular complexity index is 199. The second-order valence-corrected chi connectivity index (χ2v) is 5.87. The highest BCUT2D eigenvalue weighted by molar-refractivity contribution is 4.85. The molecule has 94 valence electrons. The Balaban J connectivity index is 1.82. The number of hydrogen-bond donors (Lipinski definition) is 1. The molecule has 1 heterocycles. The summed E-state index contributed by atoms with van der Waals surface area (Å²) in [5.74, 6) is 2.87. The fourth-order valence-electron chi connectivity index (χ4n) is 3.47. The molecule has 0 aromatic carbocycles. The van der Waals surface area contributed by atoms with E-state index < -0.39 is 0 Å². The number of rotatable bonds is 4. The van der Waals surface area contributed by atoms with E-state index in [1.807, 2.05) is 0 Å². The van der Waals surface area contributed by atoms with Gasteiger partial charge in [-0.15, -0.1) is 0 Å². The van der Waals surface area contributed by atoms with Crippen LogP contribution in [0.4, 0.5) is 0 Å². The Morgan fingerprint density at radius 3 is 2.56 bits per heavy atom. The van der Waals surface area contributed by atoms with Crippen LogP contribution in [0.5, 0.6) is 0 Å². The summed E-state index contributed by atoms with van der Waals surface area (Å²) in [7, 11) is 0. The molecular formula is C14H27NO. The van der Waals surface area contributed by atoms with Gasteiger partial charge in [-0.25, -0.2) is 0 Å². The van der Waals surface area contributed by atoms with E-state index in [-0.39, 0.29) is 0 Å². The van der Waals surface area contributed by atoms with E-state index in [0.717, 1.165) is 31.0 Å². The molecule has 1 aliphatic heterocycles. The summed E-state index contributed by atoms with van der Waals surface area (Å²) >= 11 is 0. The molecule has 2 unspecified atom stereocenters. The lowest BCUT2D eigenvalue weighted by atomic mass is 9.79. The molecule has 1 saturated heterocycles. The topological polar surface area (TPSA) is 21.3 Å². The second-order valence-electron chi connectivity index (χ2n) is 5.87. The van der Waals surface area contributed by atoms with Crippen LogP contribution in [0.15, 0.2) is 0 Å². The van der Waals surface area contributed by atoms with Gasteiger partial charge in [0.05, 0.1) is 0 Å². The molecule has 2 nitrogen and oxygen atoms in total. The maximum absolute atomic E-state index is 5.48. The third-order valence-corrected chi connectivity index (χ3v) is 4.38. The molecule has 1 saturated carbocycles. The summed E-state index contributed by atoms with van der Waals surface area (Å²) in [5.41, 5.74) is 0. The van der Waals surface area contributed by atoms with Crippen molar-refractivity contribution >= 4 is 0 Å². The summed E-state index contributed by atoms with van der Waals surface area (Å²) in [5, 5.41) is 3.63. The van der Waals surface area contributed by atoms with E-state index in [1.54, 1.807) is 0 Å². The monoisotopic (exact) mass is 225 g/mol. The first-order chi connectivity index (χ1) is 7.77. The molecule has 1 N–H and O–H groups in total. The quantitative estimate of drug-likeness (QED) is 0.794. The number of hydrogen-bond acceptors (Lipinski definition) is 2. The lowest BCUT2D eigenvalue weighted by Crippen LogP contribution is -2.34. The second kappa shape index (κ2) is 6.02. The van der Waals surface area contributed by atoms with Crippen LogP contribution in [0, 0.1) is 17.8 Å². The standard InChI is InChI=1S/C14H27NO/c1-11(2)15-10-13-4-3-5-14(13)12-6-8-16-9-7-12/h11-15H,3-10H2,1-2H3. The van der Waals surface area contributed by atoms with Crippen LogP contribution >= 0.6 is 0 Å². The summed E-state index contributed by atoms with van der Waals surface area (Å²) < 4.78 is 5.48. The predicted molar refractivity (Wildman–Crippen MR) is 67.5 cm³/mol. The Kier molecular flexibility index (Phi) is 4.66. The van der Waals surface area contributed by atoms with E-state index in [4.69, 9.17) is 4.74 Å². The van der Waals surface area contributed by atoms with Crippen LogP contribution in [0.25, 0.3) is 0 Å². The van der Waals surface area contributed by atoms with Crippen LogP contribution in [-0.4, -0.2) is 25.8 Å².